The highest BCUT2D eigenvalue weighted by atomic mass is 32.1. The summed E-state index contributed by atoms with van der Waals surface area (Å²) in [6.07, 6.45) is 10.3. The monoisotopic (exact) mass is 1910 g/mol. The Morgan fingerprint density at radius 3 is 1.29 bits per heavy atom. The van der Waals surface area contributed by atoms with Crippen molar-refractivity contribution in [3.8, 4) is 79.1 Å². The maximum absolute atomic E-state index is 14.1. The molecule has 0 unspecified atom stereocenters. The van der Waals surface area contributed by atoms with Crippen molar-refractivity contribution in [2.75, 3.05) is 50.9 Å². The van der Waals surface area contributed by atoms with Crippen LogP contribution in [0.4, 0.5) is 11.6 Å². The number of thiazole rings is 2. The number of anilines is 2. The van der Waals surface area contributed by atoms with Gasteiger partial charge in [-0.2, -0.15) is 0 Å². The topological polar surface area (TPSA) is 542 Å². The number of likely N-dealkylation sites (tertiary alicyclic amines) is 2. The first-order valence-corrected chi connectivity index (χ1v) is 47.3. The number of nitrogens with zero attached hydrogens (tertiary/aromatic N) is 14. The van der Waals surface area contributed by atoms with Crippen LogP contribution < -0.4 is 42.6 Å². The summed E-state index contributed by atoms with van der Waals surface area (Å²) in [7, 11) is 0. The standard InChI is InChI=1S/C48H62N10O8S.C25H34N4O4S.C23H30N6O5.CH4/c1-8-57-41-37(26-50-35(19-20-48(6,7)64)39(41)54-44(57)40-43(49)56-66-55-40)65-21-13-11-9-10-12-14-38(61)51-25-32(59)22-34(47(3,4)5)46(63)58-27-33(60)23-36(58)45(62)52-24-30-15-17-31(18-16-30)42-29(2)53-28-67-42;1-15-22(34-14-28-15)17-7-5-16(6-8-17)12-27-23(32)21-10-19(31)13-29(21)24(33)20(25(2,3)4)9-18(30)11-26;1-4-29-20-16(33-13-9-7-5-6-8-10-17(30)31)14-25-15(11-12-23(2,3)32)18(20)26-22(29)19-21(24)28-34-27-19;/h15-18,26,28,33-34,36,60,64H,8-14,21-25,27H2,1-7H3,(H2,49,56)(H,51,61)(H,52,62);5-8,14,19-21,31H,9-13,26H2,1-4H3,(H,27,32);14,32H,4-10,13H2,1-3H3,(H2,24,28)(H,30,31);1H4/t33-,34-,36+;19-,20-,21+;;/m11../s1. The number of nitrogen functional groups attached to an aromatic ring is 2. The van der Waals surface area contributed by atoms with Gasteiger partial charge in [-0.15, -0.1) is 22.7 Å². The Bertz CT molecular complexity index is 5890. The lowest BCUT2D eigenvalue weighted by Gasteiger charge is -2.34. The van der Waals surface area contributed by atoms with Crippen molar-refractivity contribution < 1.29 is 82.6 Å². The highest BCUT2D eigenvalue weighted by Crippen LogP contribution is 2.40. The number of carboxylic acid groups (broad SMARTS) is 1. The van der Waals surface area contributed by atoms with E-state index in [-0.39, 0.29) is 137 Å². The molecule has 12 rings (SSSR count). The van der Waals surface area contributed by atoms with E-state index in [1.807, 2.05) is 138 Å². The minimum Gasteiger partial charge on any atom is -0.490 e. The van der Waals surface area contributed by atoms with Gasteiger partial charge >= 0.3 is 5.97 Å². The molecule has 2 aliphatic rings. The molecule has 8 aromatic heterocycles. The molecular formula is C97H130N20O17S2. The molecule has 0 spiro atoms. The number of unbranched alkanes of at least 4 members (excludes halogenated alkanes) is 8. The number of aliphatic carboxylic acids is 1. The van der Waals surface area contributed by atoms with Gasteiger partial charge in [0, 0.05) is 89.6 Å². The van der Waals surface area contributed by atoms with Gasteiger partial charge in [0.1, 0.15) is 62.5 Å². The third kappa shape index (κ3) is 29.5. The van der Waals surface area contributed by atoms with Crippen LogP contribution in [0.25, 0.3) is 66.0 Å². The number of pyridine rings is 2. The maximum atomic E-state index is 14.1. The van der Waals surface area contributed by atoms with E-state index in [2.05, 4.69) is 85.2 Å². The number of aromatic nitrogens is 12. The summed E-state index contributed by atoms with van der Waals surface area (Å²) in [6, 6.07) is 14.1. The van der Waals surface area contributed by atoms with E-state index in [1.54, 1.807) is 62.8 Å². The van der Waals surface area contributed by atoms with Gasteiger partial charge in [0.25, 0.3) is 0 Å². The molecule has 2 aromatic carbocycles. The van der Waals surface area contributed by atoms with Crippen LogP contribution >= 0.6 is 22.7 Å². The fourth-order valence-corrected chi connectivity index (χ4v) is 17.3. The fourth-order valence-electron chi connectivity index (χ4n) is 15.7. The molecule has 10 heterocycles. The van der Waals surface area contributed by atoms with Crippen LogP contribution in [0.2, 0.25) is 0 Å². The number of hydrogen-bond acceptors (Lipinski definition) is 31. The normalized spacial score (nSPS) is 15.3. The van der Waals surface area contributed by atoms with Crippen molar-refractivity contribution in [3.05, 3.63) is 106 Å². The summed E-state index contributed by atoms with van der Waals surface area (Å²) >= 11 is 3.15. The van der Waals surface area contributed by atoms with Crippen molar-refractivity contribution in [2.24, 2.45) is 28.4 Å². The van der Waals surface area contributed by atoms with Gasteiger partial charge in [0.2, 0.25) is 29.5 Å². The maximum Gasteiger partial charge on any atom is 0.303 e. The van der Waals surface area contributed by atoms with Gasteiger partial charge in [0.15, 0.2) is 52.0 Å². The number of carbonyl (C=O) groups excluding carboxylic acids is 7. The average molecular weight is 1910 g/mol. The van der Waals surface area contributed by atoms with Crippen LogP contribution in [0.5, 0.6) is 11.5 Å². The number of rotatable bonds is 39. The number of aliphatic hydroxyl groups is 4. The number of nitrogens with one attached hydrogen (secondary N) is 3. The number of benzene rings is 2. The Hall–Kier alpha value is -12.5. The van der Waals surface area contributed by atoms with Gasteiger partial charge < -0.3 is 87.1 Å². The smallest absolute Gasteiger partial charge is 0.303 e. The number of fused-ring (bicyclic) bond motifs is 2. The summed E-state index contributed by atoms with van der Waals surface area (Å²) in [5.41, 5.74) is 27.0. The predicted molar refractivity (Wildman–Crippen MR) is 517 cm³/mol. The van der Waals surface area contributed by atoms with E-state index < -0.39 is 64.1 Å². The number of carbonyl (C=O) groups is 8. The van der Waals surface area contributed by atoms with Gasteiger partial charge in [0.05, 0.1) is 83.1 Å². The zero-order valence-electron chi connectivity index (χ0n) is 79.2. The van der Waals surface area contributed by atoms with Gasteiger partial charge in [-0.05, 0) is 147 Å². The molecule has 2 aliphatic heterocycles. The summed E-state index contributed by atoms with van der Waals surface area (Å²) < 4.78 is 25.6. The van der Waals surface area contributed by atoms with Crippen LogP contribution in [0, 0.1) is 60.2 Å². The second kappa shape index (κ2) is 48.8. The number of Topliss-reactive ketones (excluding diaryl/α,β-unsaturated/α-hetero) is 2. The van der Waals surface area contributed by atoms with Crippen LogP contribution in [0.1, 0.15) is 227 Å². The second-order valence-electron chi connectivity index (χ2n) is 36.9. The number of carboxylic acids is 1. The van der Waals surface area contributed by atoms with E-state index in [1.165, 1.54) is 9.80 Å². The minimum absolute atomic E-state index is 0. The molecule has 14 N–H and O–H groups in total. The molecule has 0 aliphatic carbocycles. The molecule has 5 amide bonds. The molecule has 37 nitrogen and oxygen atoms in total. The number of β-amino-alcohol motifs (C(OH)–C–C–N with tert-alkyl or cyclic N) is 2. The van der Waals surface area contributed by atoms with Gasteiger partial charge in [-0.25, -0.2) is 39.2 Å². The van der Waals surface area contributed by atoms with Crippen LogP contribution in [-0.4, -0.2) is 217 Å². The first kappa shape index (κ1) is 107. The molecule has 0 radical (unpaired) electrons. The van der Waals surface area contributed by atoms with E-state index in [0.29, 0.717) is 108 Å². The summed E-state index contributed by atoms with van der Waals surface area (Å²) in [4.78, 5) is 135. The number of imidazole rings is 2. The van der Waals surface area contributed by atoms with Crippen molar-refractivity contribution >= 4 is 103 Å². The number of aliphatic hydroxyl groups excluding tert-OH is 2. The van der Waals surface area contributed by atoms with Crippen LogP contribution in [0.15, 0.2) is 81.2 Å². The Kier molecular flexibility index (Phi) is 38.5. The van der Waals surface area contributed by atoms with E-state index in [0.717, 1.165) is 94.8 Å². The number of ether oxygens (including phenoxy) is 2. The number of hydrogen-bond donors (Lipinski definition) is 11. The Morgan fingerprint density at radius 2 is 0.934 bits per heavy atom. The lowest BCUT2D eigenvalue weighted by Crippen LogP contribution is -2.50. The SMILES string of the molecule is C.CCn1c(-c2nonc2N)nc2c(C#CC(C)(C)O)ncc(OCCCCCCCC(=O)NCC(=O)C[C@H](C(=O)N3C[C@H](O)C[C@H]3C(=O)NCc3ccc(-c4scnc4C)cc3)C(C)(C)C)c21.CCn1c(-c2nonc2N)nc2c(C#CC(C)(C)O)ncc(OCCCCCCCC(=O)O)c21.Cc1ncsc1-c1ccc(CNC(=O)[C@@H]2C[C@@H](O)CN2C(=O)[C@@H](CC(=O)CN)C(C)(C)C)cc1. The fraction of sp³-hybridized carbons (Fsp3) is 0.526. The molecule has 39 heteroatoms. The Morgan fingerprint density at radius 1 is 0.544 bits per heavy atom. The summed E-state index contributed by atoms with van der Waals surface area (Å²) in [5, 5.41) is 73.5. The van der Waals surface area contributed by atoms with Crippen LogP contribution in [0.3, 0.4) is 0 Å². The highest BCUT2D eigenvalue weighted by molar-refractivity contribution is 7.13. The predicted octanol–water partition coefficient (Wildman–Crippen LogP) is 11.3. The lowest BCUT2D eigenvalue weighted by molar-refractivity contribution is -0.146. The highest BCUT2D eigenvalue weighted by Gasteiger charge is 2.47. The third-order valence-corrected chi connectivity index (χ3v) is 24.9. The Balaban J connectivity index is 0.000000252. The van der Waals surface area contributed by atoms with Crippen molar-refractivity contribution in [2.45, 2.75) is 269 Å². The minimum atomic E-state index is -1.24. The number of nitrogens with two attached hydrogens (primary N) is 3. The van der Waals surface area contributed by atoms with E-state index in [9.17, 15) is 58.8 Å². The largest absolute Gasteiger partial charge is 0.490 e. The quantitative estimate of drug-likeness (QED) is 0.0126. The van der Waals surface area contributed by atoms with Crippen molar-refractivity contribution in [1.29, 1.82) is 0 Å². The molecule has 2 saturated heterocycles. The Labute approximate surface area is 800 Å². The van der Waals surface area contributed by atoms with E-state index in [4.69, 9.17) is 46.0 Å². The lowest BCUT2D eigenvalue weighted by atomic mass is 9.76. The molecule has 0 bridgehead atoms. The first-order chi connectivity index (χ1) is 64.1. The van der Waals surface area contributed by atoms with Crippen molar-refractivity contribution in [3.63, 3.8) is 0 Å². The first-order valence-electron chi connectivity index (χ1n) is 45.5. The molecule has 2 fully saturated rings. The third-order valence-electron chi connectivity index (χ3n) is 23.0. The zero-order valence-corrected chi connectivity index (χ0v) is 80.9. The summed E-state index contributed by atoms with van der Waals surface area (Å²) in [6.45, 7) is 27.6. The molecule has 10 aromatic rings. The van der Waals surface area contributed by atoms with E-state index >= 15 is 0 Å². The molecule has 136 heavy (non-hydrogen) atoms. The molecular weight excluding hydrogens is 1780 g/mol. The zero-order chi connectivity index (χ0) is 98.2. The number of amides is 5. The molecule has 6 atom stereocenters. The molecule has 0 saturated carbocycles. The number of ketones is 2. The van der Waals surface area contributed by atoms with Crippen LogP contribution in [-0.2, 0) is 64.5 Å². The van der Waals surface area contributed by atoms with Gasteiger partial charge in [-0.3, -0.25) is 38.4 Å². The van der Waals surface area contributed by atoms with Gasteiger partial charge in [-0.1, -0.05) is 148 Å². The van der Waals surface area contributed by atoms with Crippen molar-refractivity contribution in [1.82, 2.24) is 85.4 Å². The molecule has 732 valence electrons. The summed E-state index contributed by atoms with van der Waals surface area (Å²) in [5.74, 6) is 9.29. The average Bonchev–Trinajstić information content (AvgIpc) is 1.61. The second-order valence-corrected chi connectivity index (χ2v) is 38.6. The number of aryl methyl sites for hydroxylation is 4.